The van der Waals surface area contributed by atoms with Crippen LogP contribution in [0.1, 0.15) is 10.4 Å². The van der Waals surface area contributed by atoms with Crippen molar-refractivity contribution in [2.24, 2.45) is 0 Å². The molecule has 0 bridgehead atoms. The van der Waals surface area contributed by atoms with Gasteiger partial charge in [-0.1, -0.05) is 60.1 Å². The van der Waals surface area contributed by atoms with E-state index in [-0.39, 0.29) is 12.5 Å². The van der Waals surface area contributed by atoms with Gasteiger partial charge < -0.3 is 14.5 Å². The van der Waals surface area contributed by atoms with Crippen molar-refractivity contribution in [2.75, 3.05) is 37.7 Å². The lowest BCUT2D eigenvalue weighted by Gasteiger charge is -2.36. The first-order valence-corrected chi connectivity index (χ1v) is 9.93. The molecule has 0 N–H and O–H groups in total. The summed E-state index contributed by atoms with van der Waals surface area (Å²) in [6.07, 6.45) is 0. The molecule has 4 rings (SSSR count). The lowest BCUT2D eigenvalue weighted by molar-refractivity contribution is -0.134. The summed E-state index contributed by atoms with van der Waals surface area (Å²) in [5, 5.41) is 2.49. The molecule has 0 aliphatic carbocycles. The molecule has 0 saturated carbocycles. The molecule has 3 aromatic rings. The highest BCUT2D eigenvalue weighted by molar-refractivity contribution is 6.33. The summed E-state index contributed by atoms with van der Waals surface area (Å²) in [6.45, 7) is 2.25. The van der Waals surface area contributed by atoms with Crippen LogP contribution in [0.5, 0.6) is 0 Å². The Hall–Kier alpha value is -3.05. The maximum Gasteiger partial charge on any atom is 0.339 e. The van der Waals surface area contributed by atoms with Gasteiger partial charge in [-0.15, -0.1) is 0 Å². The molecule has 3 aromatic carbocycles. The number of anilines is 1. The quantitative estimate of drug-likeness (QED) is 0.612. The van der Waals surface area contributed by atoms with Gasteiger partial charge in [0.1, 0.15) is 0 Å². The van der Waals surface area contributed by atoms with Crippen LogP contribution in [0.25, 0.3) is 10.8 Å². The molecule has 148 valence electrons. The van der Waals surface area contributed by atoms with Crippen LogP contribution < -0.4 is 4.90 Å². The third-order valence-corrected chi connectivity index (χ3v) is 5.48. The Morgan fingerprint density at radius 1 is 0.862 bits per heavy atom. The zero-order valence-corrected chi connectivity index (χ0v) is 16.6. The van der Waals surface area contributed by atoms with Gasteiger partial charge in [-0.3, -0.25) is 4.79 Å². The fourth-order valence-corrected chi connectivity index (χ4v) is 3.86. The van der Waals surface area contributed by atoms with E-state index < -0.39 is 5.97 Å². The summed E-state index contributed by atoms with van der Waals surface area (Å²) in [4.78, 5) is 28.9. The van der Waals surface area contributed by atoms with Gasteiger partial charge in [-0.25, -0.2) is 4.79 Å². The molecule has 5 nitrogen and oxygen atoms in total. The number of esters is 1. The van der Waals surface area contributed by atoms with Crippen LogP contribution in [0.4, 0.5) is 5.69 Å². The molecule has 0 unspecified atom stereocenters. The van der Waals surface area contributed by atoms with E-state index in [1.807, 2.05) is 60.7 Å². The van der Waals surface area contributed by atoms with Crippen molar-refractivity contribution in [1.82, 2.24) is 4.90 Å². The number of hydrogen-bond donors (Lipinski definition) is 0. The SMILES string of the molecule is O=C(OCC(=O)N1CCN(c2ccccc2Cl)CC1)c1cccc2ccccc12. The van der Waals surface area contributed by atoms with Crippen molar-refractivity contribution in [2.45, 2.75) is 0 Å². The number of piperazine rings is 1. The monoisotopic (exact) mass is 408 g/mol. The van der Waals surface area contributed by atoms with Gasteiger partial charge >= 0.3 is 5.97 Å². The number of halogens is 1. The van der Waals surface area contributed by atoms with Gasteiger partial charge in [0, 0.05) is 26.2 Å². The molecular formula is C23H21ClN2O3. The summed E-state index contributed by atoms with van der Waals surface area (Å²) in [6, 6.07) is 20.8. The zero-order valence-electron chi connectivity index (χ0n) is 15.9. The van der Waals surface area contributed by atoms with Crippen molar-refractivity contribution in [1.29, 1.82) is 0 Å². The van der Waals surface area contributed by atoms with Crippen molar-refractivity contribution in [3.63, 3.8) is 0 Å². The van der Waals surface area contributed by atoms with E-state index in [9.17, 15) is 9.59 Å². The minimum atomic E-state index is -0.482. The maximum absolute atomic E-state index is 12.5. The van der Waals surface area contributed by atoms with Gasteiger partial charge in [0.15, 0.2) is 6.61 Å². The van der Waals surface area contributed by atoms with Crippen LogP contribution in [0, 0.1) is 0 Å². The lowest BCUT2D eigenvalue weighted by atomic mass is 10.1. The van der Waals surface area contributed by atoms with Crippen LogP contribution in [0.15, 0.2) is 66.7 Å². The number of nitrogens with zero attached hydrogens (tertiary/aromatic N) is 2. The molecular weight excluding hydrogens is 388 g/mol. The predicted octanol–water partition coefficient (Wildman–Crippen LogP) is 4.00. The van der Waals surface area contributed by atoms with Crippen molar-refractivity contribution in [3.8, 4) is 0 Å². The van der Waals surface area contributed by atoms with Crippen molar-refractivity contribution in [3.05, 3.63) is 77.3 Å². The van der Waals surface area contributed by atoms with Crippen LogP contribution in [-0.4, -0.2) is 49.6 Å². The molecule has 1 fully saturated rings. The van der Waals surface area contributed by atoms with Gasteiger partial charge in [0.05, 0.1) is 16.3 Å². The van der Waals surface area contributed by atoms with Crippen molar-refractivity contribution >= 4 is 39.9 Å². The first kappa shape index (κ1) is 19.3. The fraction of sp³-hybridized carbons (Fsp3) is 0.217. The third-order valence-electron chi connectivity index (χ3n) is 5.16. The number of amides is 1. The van der Waals surface area contributed by atoms with E-state index in [0.29, 0.717) is 36.8 Å². The summed E-state index contributed by atoms with van der Waals surface area (Å²) < 4.78 is 5.32. The minimum absolute atomic E-state index is 0.183. The van der Waals surface area contributed by atoms with Crippen LogP contribution in [-0.2, 0) is 9.53 Å². The third kappa shape index (κ3) is 4.20. The normalized spacial score (nSPS) is 14.1. The van der Waals surface area contributed by atoms with Crippen LogP contribution >= 0.6 is 11.6 Å². The highest BCUT2D eigenvalue weighted by Crippen LogP contribution is 2.26. The van der Waals surface area contributed by atoms with Gasteiger partial charge in [0.25, 0.3) is 5.91 Å². The highest BCUT2D eigenvalue weighted by Gasteiger charge is 2.23. The van der Waals surface area contributed by atoms with E-state index in [1.54, 1.807) is 11.0 Å². The van der Waals surface area contributed by atoms with E-state index in [4.69, 9.17) is 16.3 Å². The molecule has 1 amide bonds. The van der Waals surface area contributed by atoms with E-state index in [2.05, 4.69) is 4.90 Å². The Balaban J connectivity index is 1.33. The van der Waals surface area contributed by atoms with Gasteiger partial charge in [-0.05, 0) is 29.0 Å². The number of para-hydroxylation sites is 1. The second-order valence-corrected chi connectivity index (χ2v) is 7.33. The first-order chi connectivity index (χ1) is 14.1. The van der Waals surface area contributed by atoms with Gasteiger partial charge in [0.2, 0.25) is 0 Å². The Labute approximate surface area is 174 Å². The number of carbonyl (C=O) groups is 2. The Morgan fingerprint density at radius 2 is 1.55 bits per heavy atom. The number of fused-ring (bicyclic) bond motifs is 1. The topological polar surface area (TPSA) is 49.9 Å². The predicted molar refractivity (Wildman–Crippen MR) is 114 cm³/mol. The van der Waals surface area contributed by atoms with Crippen molar-refractivity contribution < 1.29 is 14.3 Å². The smallest absolute Gasteiger partial charge is 0.339 e. The lowest BCUT2D eigenvalue weighted by Crippen LogP contribution is -2.50. The molecule has 29 heavy (non-hydrogen) atoms. The maximum atomic E-state index is 12.5. The molecule has 1 aliphatic rings. The standard InChI is InChI=1S/C23H21ClN2O3/c24-20-10-3-4-11-21(20)25-12-14-26(15-13-25)22(27)16-29-23(28)19-9-5-7-17-6-1-2-8-18(17)19/h1-11H,12-16H2. The number of hydrogen-bond acceptors (Lipinski definition) is 4. The van der Waals surface area contributed by atoms with Crippen LogP contribution in [0.2, 0.25) is 5.02 Å². The Kier molecular flexibility index (Phi) is 5.67. The average Bonchev–Trinajstić information content (AvgIpc) is 2.77. The Bertz CT molecular complexity index is 1040. The molecule has 1 saturated heterocycles. The molecule has 0 aromatic heterocycles. The van der Waals surface area contributed by atoms with Gasteiger partial charge in [-0.2, -0.15) is 0 Å². The average molecular weight is 409 g/mol. The molecule has 0 radical (unpaired) electrons. The number of benzene rings is 3. The highest BCUT2D eigenvalue weighted by atomic mass is 35.5. The minimum Gasteiger partial charge on any atom is -0.452 e. The Morgan fingerprint density at radius 3 is 2.34 bits per heavy atom. The van der Waals surface area contributed by atoms with E-state index in [1.165, 1.54) is 0 Å². The zero-order chi connectivity index (χ0) is 20.2. The molecule has 1 aliphatic heterocycles. The summed E-state index contributed by atoms with van der Waals surface area (Å²) in [5.74, 6) is -0.665. The first-order valence-electron chi connectivity index (χ1n) is 9.55. The fourth-order valence-electron chi connectivity index (χ4n) is 3.60. The summed E-state index contributed by atoms with van der Waals surface area (Å²) in [7, 11) is 0. The van der Waals surface area contributed by atoms with Crippen LogP contribution in [0.3, 0.4) is 0 Å². The molecule has 0 atom stereocenters. The molecule has 6 heteroatoms. The van der Waals surface area contributed by atoms with E-state index in [0.717, 1.165) is 16.5 Å². The largest absolute Gasteiger partial charge is 0.452 e. The number of carbonyl (C=O) groups excluding carboxylic acids is 2. The molecule has 0 spiro atoms. The second-order valence-electron chi connectivity index (χ2n) is 6.92. The number of rotatable bonds is 4. The molecule has 1 heterocycles. The second kappa shape index (κ2) is 8.53. The number of ether oxygens (including phenoxy) is 1. The van der Waals surface area contributed by atoms with E-state index >= 15 is 0 Å². The summed E-state index contributed by atoms with van der Waals surface area (Å²) in [5.41, 5.74) is 1.45. The summed E-state index contributed by atoms with van der Waals surface area (Å²) >= 11 is 6.26.